The van der Waals surface area contributed by atoms with E-state index < -0.39 is 17.0 Å². The molecule has 2 aromatic heterocycles. The number of rotatable bonds is 5. The van der Waals surface area contributed by atoms with Gasteiger partial charge in [0.1, 0.15) is 11.3 Å². The molecule has 2 rings (SSSR count). The molecule has 0 aliphatic carbocycles. The lowest BCUT2D eigenvalue weighted by Gasteiger charge is -2.33. The third-order valence-corrected chi connectivity index (χ3v) is 4.04. The fraction of sp³-hybridized carbons (Fsp3) is 0.375. The lowest BCUT2D eigenvalue weighted by Crippen LogP contribution is -2.55. The number of H-pyrrole nitrogens is 1. The predicted octanol–water partition coefficient (Wildman–Crippen LogP) is 2.16. The summed E-state index contributed by atoms with van der Waals surface area (Å²) in [5.41, 5.74) is 5.29. The van der Waals surface area contributed by atoms with Crippen LogP contribution in [0.15, 0.2) is 39.7 Å². The van der Waals surface area contributed by atoms with Gasteiger partial charge in [0.2, 0.25) is 0 Å². The zero-order valence-corrected chi connectivity index (χ0v) is 14.2. The number of amides is 1. The smallest absolute Gasteiger partial charge is 0.261 e. The Bertz CT molecular complexity index is 710. The summed E-state index contributed by atoms with van der Waals surface area (Å²) >= 11 is 0. The van der Waals surface area contributed by atoms with Crippen LogP contribution >= 0.6 is 12.4 Å². The summed E-state index contributed by atoms with van der Waals surface area (Å²) in [5.74, 6) is 0.245. The Labute approximate surface area is 140 Å². The van der Waals surface area contributed by atoms with Gasteiger partial charge in [-0.05, 0) is 37.1 Å². The van der Waals surface area contributed by atoms with Gasteiger partial charge in [0.25, 0.3) is 11.5 Å². The van der Waals surface area contributed by atoms with E-state index in [9.17, 15) is 9.59 Å². The maximum absolute atomic E-state index is 12.3. The van der Waals surface area contributed by atoms with Crippen molar-refractivity contribution in [2.45, 2.75) is 26.3 Å². The molecule has 0 radical (unpaired) electrons. The van der Waals surface area contributed by atoms with Crippen molar-refractivity contribution < 1.29 is 9.21 Å². The first-order valence-electron chi connectivity index (χ1n) is 7.17. The first-order valence-corrected chi connectivity index (χ1v) is 7.17. The Hall–Kier alpha value is -2.05. The number of aromatic amines is 1. The second-order valence-corrected chi connectivity index (χ2v) is 5.82. The van der Waals surface area contributed by atoms with E-state index in [4.69, 9.17) is 10.2 Å². The third-order valence-electron chi connectivity index (χ3n) is 4.04. The van der Waals surface area contributed by atoms with Crippen molar-refractivity contribution in [1.82, 2.24) is 10.3 Å². The van der Waals surface area contributed by atoms with E-state index in [1.165, 1.54) is 12.3 Å². The van der Waals surface area contributed by atoms with E-state index in [2.05, 4.69) is 10.3 Å². The van der Waals surface area contributed by atoms with Gasteiger partial charge in [-0.3, -0.25) is 9.59 Å². The standard InChI is InChI=1S/C16H21N3O3.ClH/c1-10(2)16(3,9-17)19-15(21)11-6-7-12(18-14(11)20)13-5-4-8-22-13;/h4-8,10H,9,17H2,1-3H3,(H,18,20)(H,19,21);1H. The summed E-state index contributed by atoms with van der Waals surface area (Å²) < 4.78 is 5.22. The molecule has 6 nitrogen and oxygen atoms in total. The quantitative estimate of drug-likeness (QED) is 0.776. The van der Waals surface area contributed by atoms with Crippen molar-refractivity contribution in [3.63, 3.8) is 0 Å². The third kappa shape index (κ3) is 4.03. The van der Waals surface area contributed by atoms with Gasteiger partial charge in [-0.15, -0.1) is 12.4 Å². The van der Waals surface area contributed by atoms with Gasteiger partial charge >= 0.3 is 0 Å². The normalized spacial score (nSPS) is 13.3. The van der Waals surface area contributed by atoms with E-state index in [0.717, 1.165) is 0 Å². The molecule has 0 saturated heterocycles. The minimum Gasteiger partial charge on any atom is -0.463 e. The topological polar surface area (TPSA) is 101 Å². The molecule has 0 saturated carbocycles. The highest BCUT2D eigenvalue weighted by Crippen LogP contribution is 2.17. The molecule has 0 fully saturated rings. The van der Waals surface area contributed by atoms with Crippen LogP contribution in [-0.4, -0.2) is 23.0 Å². The van der Waals surface area contributed by atoms with Crippen LogP contribution in [0.25, 0.3) is 11.5 Å². The van der Waals surface area contributed by atoms with Crippen molar-refractivity contribution >= 4 is 18.3 Å². The Morgan fingerprint density at radius 2 is 2.09 bits per heavy atom. The number of nitrogens with one attached hydrogen (secondary N) is 2. The number of nitrogens with two attached hydrogens (primary N) is 1. The molecule has 4 N–H and O–H groups in total. The fourth-order valence-corrected chi connectivity index (χ4v) is 1.99. The van der Waals surface area contributed by atoms with E-state index >= 15 is 0 Å². The molecule has 2 heterocycles. The maximum atomic E-state index is 12.3. The molecule has 0 aromatic carbocycles. The molecule has 1 amide bonds. The Morgan fingerprint density at radius 3 is 2.57 bits per heavy atom. The molecular formula is C16H22ClN3O3. The lowest BCUT2D eigenvalue weighted by molar-refractivity contribution is 0.0881. The SMILES string of the molecule is CC(C)C(C)(CN)NC(=O)c1ccc(-c2ccco2)[nH]c1=O.Cl. The highest BCUT2D eigenvalue weighted by Gasteiger charge is 2.29. The van der Waals surface area contributed by atoms with E-state index in [1.54, 1.807) is 18.2 Å². The zero-order valence-electron chi connectivity index (χ0n) is 13.4. The second-order valence-electron chi connectivity index (χ2n) is 5.82. The molecule has 0 aliphatic heterocycles. The summed E-state index contributed by atoms with van der Waals surface area (Å²) in [6.07, 6.45) is 1.52. The molecule has 126 valence electrons. The molecule has 0 spiro atoms. The van der Waals surface area contributed by atoms with Gasteiger partial charge in [0, 0.05) is 6.54 Å². The van der Waals surface area contributed by atoms with Crippen molar-refractivity contribution in [2.75, 3.05) is 6.54 Å². The summed E-state index contributed by atoms with van der Waals surface area (Å²) in [7, 11) is 0. The number of pyridine rings is 1. The highest BCUT2D eigenvalue weighted by molar-refractivity contribution is 5.94. The molecule has 23 heavy (non-hydrogen) atoms. The van der Waals surface area contributed by atoms with E-state index in [1.807, 2.05) is 20.8 Å². The van der Waals surface area contributed by atoms with E-state index in [0.29, 0.717) is 18.0 Å². The van der Waals surface area contributed by atoms with Gasteiger partial charge in [0.05, 0.1) is 17.5 Å². The van der Waals surface area contributed by atoms with Crippen LogP contribution in [0.2, 0.25) is 0 Å². The predicted molar refractivity (Wildman–Crippen MR) is 91.8 cm³/mol. The average molecular weight is 340 g/mol. The largest absolute Gasteiger partial charge is 0.463 e. The number of carbonyl (C=O) groups excluding carboxylic acids is 1. The lowest BCUT2D eigenvalue weighted by atomic mass is 9.88. The van der Waals surface area contributed by atoms with Crippen LogP contribution in [0.5, 0.6) is 0 Å². The van der Waals surface area contributed by atoms with Crippen molar-refractivity contribution in [2.24, 2.45) is 11.7 Å². The minimum absolute atomic E-state index is 0. The van der Waals surface area contributed by atoms with Gasteiger partial charge in [-0.1, -0.05) is 13.8 Å². The molecule has 1 unspecified atom stereocenters. The molecule has 0 aliphatic rings. The molecular weight excluding hydrogens is 318 g/mol. The first kappa shape index (κ1) is 19.0. The number of furan rings is 1. The first-order chi connectivity index (χ1) is 10.4. The average Bonchev–Trinajstić information content (AvgIpc) is 3.00. The number of carbonyl (C=O) groups is 1. The monoisotopic (exact) mass is 339 g/mol. The Morgan fingerprint density at radius 1 is 1.39 bits per heavy atom. The van der Waals surface area contributed by atoms with Crippen LogP contribution in [0.3, 0.4) is 0 Å². The van der Waals surface area contributed by atoms with Gasteiger partial charge in [-0.2, -0.15) is 0 Å². The summed E-state index contributed by atoms with van der Waals surface area (Å²) in [4.78, 5) is 27.1. The number of hydrogen-bond donors (Lipinski definition) is 3. The second kappa shape index (κ2) is 7.48. The molecule has 7 heteroatoms. The van der Waals surface area contributed by atoms with Crippen LogP contribution in [0.4, 0.5) is 0 Å². The Balaban J connectivity index is 0.00000264. The Kier molecular flexibility index (Phi) is 6.18. The van der Waals surface area contributed by atoms with E-state index in [-0.39, 0.29) is 23.9 Å². The van der Waals surface area contributed by atoms with Crippen molar-refractivity contribution in [1.29, 1.82) is 0 Å². The number of halogens is 1. The van der Waals surface area contributed by atoms with Gasteiger partial charge in [-0.25, -0.2) is 0 Å². The number of hydrogen-bond acceptors (Lipinski definition) is 4. The van der Waals surface area contributed by atoms with Crippen LogP contribution < -0.4 is 16.6 Å². The highest BCUT2D eigenvalue weighted by atomic mass is 35.5. The molecule has 0 bridgehead atoms. The van der Waals surface area contributed by atoms with Crippen LogP contribution in [0, 0.1) is 5.92 Å². The summed E-state index contributed by atoms with van der Waals surface area (Å²) in [6.45, 7) is 6.09. The van der Waals surface area contributed by atoms with Crippen molar-refractivity contribution in [3.05, 3.63) is 46.4 Å². The molecule has 2 aromatic rings. The van der Waals surface area contributed by atoms with Crippen LogP contribution in [-0.2, 0) is 0 Å². The minimum atomic E-state index is -0.566. The van der Waals surface area contributed by atoms with Crippen molar-refractivity contribution in [3.8, 4) is 11.5 Å². The van der Waals surface area contributed by atoms with Gasteiger partial charge < -0.3 is 20.5 Å². The fourth-order valence-electron chi connectivity index (χ4n) is 1.99. The summed E-state index contributed by atoms with van der Waals surface area (Å²) in [6, 6.07) is 6.59. The number of aromatic nitrogens is 1. The maximum Gasteiger partial charge on any atom is 0.261 e. The van der Waals surface area contributed by atoms with Gasteiger partial charge in [0.15, 0.2) is 0 Å². The van der Waals surface area contributed by atoms with Crippen LogP contribution in [0.1, 0.15) is 31.1 Å². The zero-order chi connectivity index (χ0) is 16.3. The summed E-state index contributed by atoms with van der Waals surface area (Å²) in [5, 5.41) is 2.85. The molecule has 1 atom stereocenters.